The standard InChI is InChI=1S/C21H22ClN5/c1-5-6-15-11-18(24-16-8-7-12(2)17(22)10-16)27-21(25-15)19-13(3)9-14(4)23-20(19)26-27/h7-11,24H,5-6H2,1-4H3. The molecule has 27 heavy (non-hydrogen) atoms. The van der Waals surface area contributed by atoms with Crippen molar-refractivity contribution < 1.29 is 0 Å². The van der Waals surface area contributed by atoms with Crippen molar-refractivity contribution in [3.63, 3.8) is 0 Å². The number of hydrogen-bond donors (Lipinski definition) is 1. The lowest BCUT2D eigenvalue weighted by atomic mass is 10.2. The molecule has 0 unspecified atom stereocenters. The molecule has 0 aliphatic rings. The minimum Gasteiger partial charge on any atom is -0.340 e. The molecule has 4 rings (SSSR count). The fraction of sp³-hybridized carbons (Fsp3) is 0.286. The third kappa shape index (κ3) is 3.23. The molecule has 1 N–H and O–H groups in total. The molecule has 0 aliphatic carbocycles. The second-order valence-corrected chi connectivity index (χ2v) is 7.39. The fourth-order valence-corrected chi connectivity index (χ4v) is 3.54. The van der Waals surface area contributed by atoms with Crippen LogP contribution in [0, 0.1) is 20.8 Å². The topological polar surface area (TPSA) is 55.1 Å². The first-order valence-electron chi connectivity index (χ1n) is 9.16. The maximum atomic E-state index is 6.30. The van der Waals surface area contributed by atoms with E-state index in [1.165, 1.54) is 0 Å². The molecule has 0 bridgehead atoms. The first kappa shape index (κ1) is 17.7. The SMILES string of the molecule is CCCc1cc(Nc2ccc(C)c(Cl)c2)n2nc3nc(C)cc(C)c3c2n1. The van der Waals surface area contributed by atoms with Crippen LogP contribution in [0.3, 0.4) is 0 Å². The molecule has 0 aliphatic heterocycles. The van der Waals surface area contributed by atoms with Crippen LogP contribution in [-0.4, -0.2) is 19.6 Å². The molecule has 0 radical (unpaired) electrons. The van der Waals surface area contributed by atoms with Crippen LogP contribution in [-0.2, 0) is 6.42 Å². The van der Waals surface area contributed by atoms with Crippen molar-refractivity contribution in [1.82, 2.24) is 19.6 Å². The van der Waals surface area contributed by atoms with Crippen LogP contribution in [0.15, 0.2) is 30.3 Å². The summed E-state index contributed by atoms with van der Waals surface area (Å²) in [5.74, 6) is 0.860. The Labute approximate surface area is 163 Å². The molecule has 0 atom stereocenters. The molecule has 0 saturated carbocycles. The summed E-state index contributed by atoms with van der Waals surface area (Å²) in [4.78, 5) is 9.47. The van der Waals surface area contributed by atoms with Gasteiger partial charge in [-0.3, -0.25) is 0 Å². The van der Waals surface area contributed by atoms with Crippen LogP contribution in [0.25, 0.3) is 16.7 Å². The molecule has 3 aromatic heterocycles. The van der Waals surface area contributed by atoms with Crippen LogP contribution in [0.2, 0.25) is 5.02 Å². The van der Waals surface area contributed by atoms with Gasteiger partial charge in [-0.15, -0.1) is 5.10 Å². The molecule has 0 amide bonds. The van der Waals surface area contributed by atoms with E-state index in [1.54, 1.807) is 0 Å². The van der Waals surface area contributed by atoms with Gasteiger partial charge in [-0.25, -0.2) is 9.97 Å². The number of anilines is 2. The number of fused-ring (bicyclic) bond motifs is 3. The van der Waals surface area contributed by atoms with E-state index in [9.17, 15) is 0 Å². The van der Waals surface area contributed by atoms with E-state index in [0.29, 0.717) is 0 Å². The Bertz CT molecular complexity index is 1160. The van der Waals surface area contributed by atoms with Gasteiger partial charge in [0.05, 0.1) is 5.39 Å². The van der Waals surface area contributed by atoms with Crippen LogP contribution >= 0.6 is 11.6 Å². The Morgan fingerprint density at radius 1 is 1.04 bits per heavy atom. The Kier molecular flexibility index (Phi) is 4.48. The van der Waals surface area contributed by atoms with Crippen LogP contribution in [0.5, 0.6) is 0 Å². The van der Waals surface area contributed by atoms with Crippen molar-refractivity contribution >= 4 is 39.8 Å². The fourth-order valence-electron chi connectivity index (χ4n) is 3.36. The minimum atomic E-state index is 0.721. The highest BCUT2D eigenvalue weighted by Crippen LogP contribution is 2.28. The minimum absolute atomic E-state index is 0.721. The monoisotopic (exact) mass is 379 g/mol. The Hall–Kier alpha value is -2.66. The third-order valence-electron chi connectivity index (χ3n) is 4.68. The van der Waals surface area contributed by atoms with Gasteiger partial charge in [-0.2, -0.15) is 4.52 Å². The van der Waals surface area contributed by atoms with Crippen LogP contribution in [0.4, 0.5) is 11.5 Å². The molecular formula is C21H22ClN5. The zero-order valence-corrected chi connectivity index (χ0v) is 16.7. The Balaban J connectivity index is 1.94. The molecular weight excluding hydrogens is 358 g/mol. The van der Waals surface area contributed by atoms with Crippen molar-refractivity contribution in [3.05, 3.63) is 57.9 Å². The summed E-state index contributed by atoms with van der Waals surface area (Å²) >= 11 is 6.30. The second-order valence-electron chi connectivity index (χ2n) is 6.99. The molecule has 6 heteroatoms. The average molecular weight is 380 g/mol. The number of halogens is 1. The lowest BCUT2D eigenvalue weighted by Crippen LogP contribution is -2.04. The van der Waals surface area contributed by atoms with Crippen molar-refractivity contribution in [1.29, 1.82) is 0 Å². The molecule has 0 fully saturated rings. The zero-order valence-electron chi connectivity index (χ0n) is 16.0. The number of hydrogen-bond acceptors (Lipinski definition) is 4. The highest BCUT2D eigenvalue weighted by molar-refractivity contribution is 6.31. The number of benzene rings is 1. The van der Waals surface area contributed by atoms with Gasteiger partial charge in [0.1, 0.15) is 5.82 Å². The van der Waals surface area contributed by atoms with E-state index in [-0.39, 0.29) is 0 Å². The molecule has 4 aromatic rings. The highest BCUT2D eigenvalue weighted by atomic mass is 35.5. The number of aromatic nitrogens is 4. The smallest absolute Gasteiger partial charge is 0.184 e. The molecule has 5 nitrogen and oxygen atoms in total. The summed E-state index contributed by atoms with van der Waals surface area (Å²) < 4.78 is 1.84. The molecule has 0 saturated heterocycles. The third-order valence-corrected chi connectivity index (χ3v) is 5.08. The van der Waals surface area contributed by atoms with E-state index in [1.807, 2.05) is 36.6 Å². The summed E-state index contributed by atoms with van der Waals surface area (Å²) in [6, 6.07) is 10.1. The van der Waals surface area contributed by atoms with Crippen LogP contribution in [0.1, 0.15) is 35.9 Å². The average Bonchev–Trinajstić information content (AvgIpc) is 2.97. The number of nitrogens with one attached hydrogen (secondary N) is 1. The van der Waals surface area contributed by atoms with Gasteiger partial charge in [-0.05, 0) is 56.5 Å². The van der Waals surface area contributed by atoms with Gasteiger partial charge in [0, 0.05) is 28.2 Å². The quantitative estimate of drug-likeness (QED) is 0.505. The second kappa shape index (κ2) is 6.82. The number of pyridine rings is 1. The van der Waals surface area contributed by atoms with Gasteiger partial charge >= 0.3 is 0 Å². The van der Waals surface area contributed by atoms with Gasteiger partial charge in [0.25, 0.3) is 0 Å². The summed E-state index contributed by atoms with van der Waals surface area (Å²) in [7, 11) is 0. The van der Waals surface area contributed by atoms with Gasteiger partial charge < -0.3 is 5.32 Å². The highest BCUT2D eigenvalue weighted by Gasteiger charge is 2.15. The first-order valence-corrected chi connectivity index (χ1v) is 9.54. The van der Waals surface area contributed by atoms with Crippen molar-refractivity contribution in [2.45, 2.75) is 40.5 Å². The Morgan fingerprint density at radius 3 is 2.59 bits per heavy atom. The lowest BCUT2D eigenvalue weighted by molar-refractivity contribution is 0.864. The van der Waals surface area contributed by atoms with Crippen molar-refractivity contribution in [2.24, 2.45) is 0 Å². The Morgan fingerprint density at radius 2 is 1.85 bits per heavy atom. The molecule has 138 valence electrons. The predicted octanol–water partition coefficient (Wildman–Crippen LogP) is 5.55. The summed E-state index contributed by atoms with van der Waals surface area (Å²) in [5, 5.41) is 9.92. The van der Waals surface area contributed by atoms with E-state index < -0.39 is 0 Å². The largest absolute Gasteiger partial charge is 0.340 e. The summed E-state index contributed by atoms with van der Waals surface area (Å²) in [6.07, 6.45) is 1.94. The summed E-state index contributed by atoms with van der Waals surface area (Å²) in [6.45, 7) is 8.22. The van der Waals surface area contributed by atoms with Gasteiger partial charge in [0.2, 0.25) is 0 Å². The zero-order chi connectivity index (χ0) is 19.1. The van der Waals surface area contributed by atoms with Crippen LogP contribution < -0.4 is 5.32 Å². The molecule has 1 aromatic carbocycles. The first-order chi connectivity index (χ1) is 13.0. The number of nitrogens with zero attached hydrogens (tertiary/aromatic N) is 4. The molecule has 0 spiro atoms. The summed E-state index contributed by atoms with van der Waals surface area (Å²) in [5.41, 5.74) is 6.65. The predicted molar refractivity (Wildman–Crippen MR) is 111 cm³/mol. The van der Waals surface area contributed by atoms with Gasteiger partial charge in [0.15, 0.2) is 11.3 Å². The van der Waals surface area contributed by atoms with Crippen molar-refractivity contribution in [3.8, 4) is 0 Å². The normalized spacial score (nSPS) is 11.4. The molecule has 3 heterocycles. The maximum Gasteiger partial charge on any atom is 0.184 e. The van der Waals surface area contributed by atoms with Crippen molar-refractivity contribution in [2.75, 3.05) is 5.32 Å². The maximum absolute atomic E-state index is 6.30. The number of rotatable bonds is 4. The lowest BCUT2D eigenvalue weighted by Gasteiger charge is -2.11. The van der Waals surface area contributed by atoms with E-state index >= 15 is 0 Å². The van der Waals surface area contributed by atoms with Gasteiger partial charge in [-0.1, -0.05) is 31.0 Å². The number of aryl methyl sites for hydroxylation is 4. The van der Waals surface area contributed by atoms with E-state index in [2.05, 4.69) is 36.3 Å². The van der Waals surface area contributed by atoms with E-state index in [0.717, 1.165) is 68.6 Å². The van der Waals surface area contributed by atoms with E-state index in [4.69, 9.17) is 21.7 Å².